The zero-order valence-corrected chi connectivity index (χ0v) is 19.5. The van der Waals surface area contributed by atoms with E-state index in [1.807, 2.05) is 59.2 Å². The standard InChI is InChI=1S/C27H21N5O4/c1-29-24-21(26(33)30(2)27(29)34)23(17-8-4-3-5-9-17)31-20-11-7-6-10-19(20)28-22(25(24)31)16-12-14-18(15-13-16)32(35)36/h3-15,22,28H,1-2H3/t22-/m1/s1. The summed E-state index contributed by atoms with van der Waals surface area (Å²) in [6.07, 6.45) is 0. The van der Waals surface area contributed by atoms with Crippen molar-refractivity contribution in [3.63, 3.8) is 0 Å². The van der Waals surface area contributed by atoms with E-state index in [9.17, 15) is 19.7 Å². The monoisotopic (exact) mass is 479 g/mol. The van der Waals surface area contributed by atoms with E-state index < -0.39 is 16.7 Å². The summed E-state index contributed by atoms with van der Waals surface area (Å²) in [4.78, 5) is 37.5. The number of benzene rings is 3. The summed E-state index contributed by atoms with van der Waals surface area (Å²) < 4.78 is 4.67. The van der Waals surface area contributed by atoms with Crippen LogP contribution in [0, 0.1) is 10.1 Å². The Bertz CT molecular complexity index is 1800. The molecule has 0 unspecified atom stereocenters. The van der Waals surface area contributed by atoms with Gasteiger partial charge in [-0.3, -0.25) is 24.0 Å². The predicted octanol–water partition coefficient (Wildman–Crippen LogP) is 4.12. The molecule has 9 heteroatoms. The zero-order valence-electron chi connectivity index (χ0n) is 19.5. The molecule has 0 fully saturated rings. The number of fused-ring (bicyclic) bond motifs is 5. The van der Waals surface area contributed by atoms with Crippen molar-refractivity contribution in [3.8, 4) is 16.9 Å². The average molecular weight is 479 g/mol. The first-order valence-electron chi connectivity index (χ1n) is 11.4. The first-order valence-corrected chi connectivity index (χ1v) is 11.4. The number of nitrogens with zero attached hydrogens (tertiary/aromatic N) is 4. The summed E-state index contributed by atoms with van der Waals surface area (Å²) >= 11 is 0. The third-order valence-electron chi connectivity index (χ3n) is 6.81. The summed E-state index contributed by atoms with van der Waals surface area (Å²) in [7, 11) is 3.14. The lowest BCUT2D eigenvalue weighted by Gasteiger charge is -2.31. The van der Waals surface area contributed by atoms with E-state index in [-0.39, 0.29) is 11.2 Å². The maximum atomic E-state index is 13.6. The van der Waals surface area contributed by atoms with Crippen LogP contribution in [0.15, 0.2) is 88.5 Å². The van der Waals surface area contributed by atoms with Crippen LogP contribution < -0.4 is 16.6 Å². The number of rotatable bonds is 3. The number of anilines is 1. The van der Waals surface area contributed by atoms with E-state index in [0.717, 1.165) is 27.1 Å². The third-order valence-corrected chi connectivity index (χ3v) is 6.81. The normalized spacial score (nSPS) is 14.2. The molecule has 0 saturated heterocycles. The molecule has 2 aromatic heterocycles. The van der Waals surface area contributed by atoms with Gasteiger partial charge in [-0.15, -0.1) is 0 Å². The van der Waals surface area contributed by atoms with Crippen molar-refractivity contribution in [1.82, 2.24) is 13.7 Å². The Morgan fingerprint density at radius 2 is 1.53 bits per heavy atom. The van der Waals surface area contributed by atoms with Gasteiger partial charge in [0.05, 0.1) is 44.6 Å². The van der Waals surface area contributed by atoms with E-state index in [4.69, 9.17) is 0 Å². The number of non-ortho nitro benzene ring substituents is 1. The van der Waals surface area contributed by atoms with Gasteiger partial charge in [-0.1, -0.05) is 42.5 Å². The SMILES string of the molecule is Cn1c(=O)c2c(-c3ccccc3)n3c(c2n(C)c1=O)[C@@H](c1ccc([N+](=O)[O-])cc1)Nc1ccccc1-3. The third kappa shape index (κ3) is 2.96. The smallest absolute Gasteiger partial charge is 0.331 e. The van der Waals surface area contributed by atoms with E-state index >= 15 is 0 Å². The van der Waals surface area contributed by atoms with Gasteiger partial charge in [0.2, 0.25) is 0 Å². The number of para-hydroxylation sites is 2. The number of nitrogens with one attached hydrogen (secondary N) is 1. The first-order chi connectivity index (χ1) is 17.4. The molecule has 0 bridgehead atoms. The van der Waals surface area contributed by atoms with Crippen molar-refractivity contribution in [2.24, 2.45) is 14.1 Å². The molecule has 1 aliphatic rings. The summed E-state index contributed by atoms with van der Waals surface area (Å²) in [5.41, 5.74) is 4.39. The topological polar surface area (TPSA) is 104 Å². The van der Waals surface area contributed by atoms with Gasteiger partial charge in [0, 0.05) is 26.2 Å². The largest absolute Gasteiger partial charge is 0.371 e. The van der Waals surface area contributed by atoms with Crippen molar-refractivity contribution in [3.05, 3.63) is 121 Å². The molecular formula is C27H21N5O4. The molecule has 1 aliphatic heterocycles. The van der Waals surface area contributed by atoms with Crippen LogP contribution in [0.2, 0.25) is 0 Å². The predicted molar refractivity (Wildman–Crippen MR) is 138 cm³/mol. The summed E-state index contributed by atoms with van der Waals surface area (Å²) in [5, 5.41) is 15.2. The van der Waals surface area contributed by atoms with Crippen molar-refractivity contribution < 1.29 is 4.92 Å². The summed E-state index contributed by atoms with van der Waals surface area (Å²) in [6.45, 7) is 0. The number of nitro groups is 1. The molecule has 5 aromatic rings. The van der Waals surface area contributed by atoms with Gasteiger partial charge in [0.1, 0.15) is 0 Å². The lowest BCUT2D eigenvalue weighted by molar-refractivity contribution is -0.384. The highest BCUT2D eigenvalue weighted by atomic mass is 16.6. The van der Waals surface area contributed by atoms with Crippen molar-refractivity contribution in [2.45, 2.75) is 6.04 Å². The molecule has 0 spiro atoms. The molecular weight excluding hydrogens is 458 g/mol. The Kier molecular flexibility index (Phi) is 4.68. The number of aromatic nitrogens is 3. The fraction of sp³-hybridized carbons (Fsp3) is 0.111. The highest BCUT2D eigenvalue weighted by Gasteiger charge is 2.34. The van der Waals surface area contributed by atoms with Crippen molar-refractivity contribution in [2.75, 3.05) is 5.32 Å². The van der Waals surface area contributed by atoms with Gasteiger partial charge in [0.25, 0.3) is 11.2 Å². The van der Waals surface area contributed by atoms with Gasteiger partial charge in [-0.05, 0) is 35.4 Å². The zero-order chi connectivity index (χ0) is 25.1. The van der Waals surface area contributed by atoms with Gasteiger partial charge < -0.3 is 9.88 Å². The van der Waals surface area contributed by atoms with Crippen LogP contribution in [0.3, 0.4) is 0 Å². The van der Waals surface area contributed by atoms with Gasteiger partial charge in [0.15, 0.2) is 0 Å². The molecule has 0 amide bonds. The minimum absolute atomic E-state index is 0.0126. The Balaban J connectivity index is 1.81. The molecule has 3 heterocycles. The number of aryl methyl sites for hydroxylation is 1. The minimum Gasteiger partial charge on any atom is -0.371 e. The molecule has 1 N–H and O–H groups in total. The number of hydrogen-bond donors (Lipinski definition) is 1. The van der Waals surface area contributed by atoms with Crippen LogP contribution in [0.1, 0.15) is 17.3 Å². The van der Waals surface area contributed by atoms with Crippen LogP contribution in [0.4, 0.5) is 11.4 Å². The molecule has 178 valence electrons. The Hall–Kier alpha value is -4.92. The van der Waals surface area contributed by atoms with E-state index in [1.54, 1.807) is 19.2 Å². The molecule has 36 heavy (non-hydrogen) atoms. The maximum Gasteiger partial charge on any atom is 0.331 e. The second-order valence-electron chi connectivity index (χ2n) is 8.81. The van der Waals surface area contributed by atoms with Crippen LogP contribution in [-0.4, -0.2) is 18.6 Å². The highest BCUT2D eigenvalue weighted by molar-refractivity contribution is 5.99. The van der Waals surface area contributed by atoms with Crippen molar-refractivity contribution in [1.29, 1.82) is 0 Å². The second kappa shape index (κ2) is 7.81. The molecule has 0 saturated carbocycles. The van der Waals surface area contributed by atoms with E-state index in [0.29, 0.717) is 22.3 Å². The lowest BCUT2D eigenvalue weighted by atomic mass is 9.99. The lowest BCUT2D eigenvalue weighted by Crippen LogP contribution is -2.37. The quantitative estimate of drug-likeness (QED) is 0.310. The maximum absolute atomic E-state index is 13.6. The van der Waals surface area contributed by atoms with E-state index in [2.05, 4.69) is 5.32 Å². The molecule has 0 aliphatic carbocycles. The van der Waals surface area contributed by atoms with Crippen LogP contribution in [0.25, 0.3) is 27.8 Å². The van der Waals surface area contributed by atoms with Crippen LogP contribution in [0.5, 0.6) is 0 Å². The van der Waals surface area contributed by atoms with Crippen LogP contribution in [-0.2, 0) is 14.1 Å². The average Bonchev–Trinajstić information content (AvgIpc) is 3.27. The molecule has 6 rings (SSSR count). The first kappa shape index (κ1) is 21.6. The molecule has 3 aromatic carbocycles. The van der Waals surface area contributed by atoms with Crippen LogP contribution >= 0.6 is 0 Å². The number of hydrogen-bond acceptors (Lipinski definition) is 5. The van der Waals surface area contributed by atoms with Crippen molar-refractivity contribution >= 4 is 22.3 Å². The Morgan fingerprint density at radius 1 is 0.861 bits per heavy atom. The van der Waals surface area contributed by atoms with Gasteiger partial charge in [-0.2, -0.15) is 0 Å². The highest BCUT2D eigenvalue weighted by Crippen LogP contribution is 2.45. The Labute approximate surface area is 204 Å². The van der Waals surface area contributed by atoms with E-state index in [1.165, 1.54) is 23.7 Å². The fourth-order valence-corrected chi connectivity index (χ4v) is 5.13. The fourth-order valence-electron chi connectivity index (χ4n) is 5.13. The Morgan fingerprint density at radius 3 is 2.22 bits per heavy atom. The second-order valence-corrected chi connectivity index (χ2v) is 8.81. The molecule has 1 atom stereocenters. The molecule has 9 nitrogen and oxygen atoms in total. The molecule has 0 radical (unpaired) electrons. The van der Waals surface area contributed by atoms with Gasteiger partial charge in [-0.25, -0.2) is 4.79 Å². The summed E-state index contributed by atoms with van der Waals surface area (Å²) in [5.74, 6) is 0. The number of nitro benzene ring substituents is 1. The van der Waals surface area contributed by atoms with Gasteiger partial charge >= 0.3 is 5.69 Å². The summed E-state index contributed by atoms with van der Waals surface area (Å²) in [6, 6.07) is 23.2. The minimum atomic E-state index is -0.474.